The van der Waals surface area contributed by atoms with Crippen molar-refractivity contribution in [2.24, 2.45) is 5.92 Å². The van der Waals surface area contributed by atoms with Gasteiger partial charge in [0, 0.05) is 19.8 Å². The Balaban J connectivity index is 2.85. The van der Waals surface area contributed by atoms with E-state index in [9.17, 15) is 0 Å². The summed E-state index contributed by atoms with van der Waals surface area (Å²) >= 11 is 0. The monoisotopic (exact) mass is 203 g/mol. The van der Waals surface area contributed by atoms with E-state index < -0.39 is 0 Å². The van der Waals surface area contributed by atoms with Crippen molar-refractivity contribution in [3.05, 3.63) is 0 Å². The quantitative estimate of drug-likeness (QED) is 0.528. The molecule has 0 aliphatic heterocycles. The van der Waals surface area contributed by atoms with Gasteiger partial charge in [-0.25, -0.2) is 0 Å². The molecule has 0 radical (unpaired) electrons. The van der Waals surface area contributed by atoms with Crippen molar-refractivity contribution < 1.29 is 9.84 Å². The molecule has 2 N–H and O–H groups in total. The van der Waals surface area contributed by atoms with E-state index in [-0.39, 0.29) is 0 Å². The van der Waals surface area contributed by atoms with E-state index in [0.29, 0.717) is 12.5 Å². The first-order valence-electron chi connectivity index (χ1n) is 5.66. The largest absolute Gasteiger partial charge is 0.396 e. The van der Waals surface area contributed by atoms with Gasteiger partial charge in [0.05, 0.1) is 0 Å². The molecule has 0 saturated carbocycles. The molecule has 0 amide bonds. The van der Waals surface area contributed by atoms with Gasteiger partial charge in [-0.1, -0.05) is 13.8 Å². The molecule has 0 aromatic carbocycles. The van der Waals surface area contributed by atoms with Gasteiger partial charge >= 0.3 is 0 Å². The van der Waals surface area contributed by atoms with Gasteiger partial charge in [0.2, 0.25) is 0 Å². The van der Waals surface area contributed by atoms with E-state index in [4.69, 9.17) is 9.84 Å². The third kappa shape index (κ3) is 11.9. The van der Waals surface area contributed by atoms with Crippen molar-refractivity contribution in [1.29, 1.82) is 0 Å². The first-order valence-corrected chi connectivity index (χ1v) is 5.66. The molecule has 0 atom stereocenters. The third-order valence-corrected chi connectivity index (χ3v) is 1.86. The summed E-state index contributed by atoms with van der Waals surface area (Å²) in [4.78, 5) is 0. The number of aliphatic hydroxyl groups is 1. The zero-order chi connectivity index (χ0) is 10.6. The minimum atomic E-state index is 0.305. The third-order valence-electron chi connectivity index (χ3n) is 1.86. The molecule has 0 aliphatic rings. The molecule has 0 saturated heterocycles. The molecule has 0 spiro atoms. The van der Waals surface area contributed by atoms with Crippen LogP contribution < -0.4 is 5.32 Å². The van der Waals surface area contributed by atoms with Crippen molar-refractivity contribution >= 4 is 0 Å². The molecule has 0 aliphatic carbocycles. The number of hydrogen-bond donors (Lipinski definition) is 2. The smallest absolute Gasteiger partial charge is 0.0489 e. The highest BCUT2D eigenvalue weighted by atomic mass is 16.5. The molecule has 0 rings (SSSR count). The topological polar surface area (TPSA) is 41.5 Å². The normalized spacial score (nSPS) is 11.1. The summed E-state index contributed by atoms with van der Waals surface area (Å²) in [6.07, 6.45) is 3.03. The average Bonchev–Trinajstić information content (AvgIpc) is 2.15. The van der Waals surface area contributed by atoms with Crippen molar-refractivity contribution in [2.75, 3.05) is 32.9 Å². The highest BCUT2D eigenvalue weighted by molar-refractivity contribution is 4.48. The second-order valence-corrected chi connectivity index (χ2v) is 4.00. The number of rotatable bonds is 10. The number of ether oxygens (including phenoxy) is 1. The molecule has 0 unspecified atom stereocenters. The SMILES string of the molecule is CC(C)COCCCNCCCCO. The molecule has 0 bridgehead atoms. The minimum Gasteiger partial charge on any atom is -0.396 e. The van der Waals surface area contributed by atoms with Crippen LogP contribution >= 0.6 is 0 Å². The van der Waals surface area contributed by atoms with Crippen LogP contribution in [-0.2, 0) is 4.74 Å². The van der Waals surface area contributed by atoms with E-state index in [1.807, 2.05) is 0 Å². The number of unbranched alkanes of at least 4 members (excludes halogenated alkanes) is 1. The summed E-state index contributed by atoms with van der Waals surface area (Å²) in [6, 6.07) is 0. The second kappa shape index (κ2) is 11.0. The van der Waals surface area contributed by atoms with Crippen LogP contribution in [0.25, 0.3) is 0 Å². The molecule has 14 heavy (non-hydrogen) atoms. The summed E-state index contributed by atoms with van der Waals surface area (Å²) in [6.45, 7) is 8.36. The van der Waals surface area contributed by atoms with Gasteiger partial charge < -0.3 is 15.2 Å². The molecule has 3 heteroatoms. The van der Waals surface area contributed by atoms with Crippen LogP contribution in [0.5, 0.6) is 0 Å². The fraction of sp³-hybridized carbons (Fsp3) is 1.00. The Morgan fingerprint density at radius 3 is 2.50 bits per heavy atom. The molecule has 3 nitrogen and oxygen atoms in total. The zero-order valence-electron chi connectivity index (χ0n) is 9.59. The summed E-state index contributed by atoms with van der Waals surface area (Å²) in [5, 5.41) is 11.9. The van der Waals surface area contributed by atoms with Crippen molar-refractivity contribution in [1.82, 2.24) is 5.32 Å². The van der Waals surface area contributed by atoms with E-state index in [0.717, 1.165) is 45.6 Å². The van der Waals surface area contributed by atoms with E-state index >= 15 is 0 Å². The molecular formula is C11H25NO2. The van der Waals surface area contributed by atoms with Crippen LogP contribution in [0, 0.1) is 5.92 Å². The number of hydrogen-bond acceptors (Lipinski definition) is 3. The molecular weight excluding hydrogens is 178 g/mol. The summed E-state index contributed by atoms with van der Waals surface area (Å²) < 4.78 is 5.44. The van der Waals surface area contributed by atoms with Crippen molar-refractivity contribution in [3.63, 3.8) is 0 Å². The standard InChI is InChI=1S/C11H25NO2/c1-11(2)10-14-9-5-7-12-6-3-4-8-13/h11-13H,3-10H2,1-2H3. The Hall–Kier alpha value is -0.120. The van der Waals surface area contributed by atoms with Crippen LogP contribution in [0.4, 0.5) is 0 Å². The lowest BCUT2D eigenvalue weighted by Gasteiger charge is -2.07. The van der Waals surface area contributed by atoms with Crippen LogP contribution in [0.3, 0.4) is 0 Å². The summed E-state index contributed by atoms with van der Waals surface area (Å²) in [7, 11) is 0. The lowest BCUT2D eigenvalue weighted by molar-refractivity contribution is 0.108. The number of nitrogens with one attached hydrogen (secondary N) is 1. The predicted molar refractivity (Wildman–Crippen MR) is 59.5 cm³/mol. The molecule has 0 aromatic heterocycles. The number of aliphatic hydroxyl groups excluding tert-OH is 1. The summed E-state index contributed by atoms with van der Waals surface area (Å²) in [5.41, 5.74) is 0. The first kappa shape index (κ1) is 13.9. The predicted octanol–water partition coefficient (Wildman–Crippen LogP) is 1.41. The van der Waals surface area contributed by atoms with Gasteiger partial charge in [-0.2, -0.15) is 0 Å². The Kier molecular flexibility index (Phi) is 10.9. The second-order valence-electron chi connectivity index (χ2n) is 4.00. The molecule has 86 valence electrons. The van der Waals surface area contributed by atoms with Gasteiger partial charge in [0.15, 0.2) is 0 Å². The Labute approximate surface area is 87.8 Å². The van der Waals surface area contributed by atoms with Crippen molar-refractivity contribution in [2.45, 2.75) is 33.1 Å². The summed E-state index contributed by atoms with van der Waals surface area (Å²) in [5.74, 6) is 0.632. The van der Waals surface area contributed by atoms with Gasteiger partial charge in [-0.15, -0.1) is 0 Å². The highest BCUT2D eigenvalue weighted by Gasteiger charge is 1.93. The Morgan fingerprint density at radius 2 is 1.86 bits per heavy atom. The lowest BCUT2D eigenvalue weighted by atomic mass is 10.2. The van der Waals surface area contributed by atoms with Crippen LogP contribution in [0.1, 0.15) is 33.1 Å². The molecule has 0 fully saturated rings. The Bertz CT molecular complexity index is 107. The zero-order valence-corrected chi connectivity index (χ0v) is 9.59. The lowest BCUT2D eigenvalue weighted by Crippen LogP contribution is -2.18. The maximum absolute atomic E-state index is 8.54. The van der Waals surface area contributed by atoms with Gasteiger partial charge in [-0.3, -0.25) is 0 Å². The maximum atomic E-state index is 8.54. The molecule has 0 aromatic rings. The van der Waals surface area contributed by atoms with Crippen LogP contribution in [0.2, 0.25) is 0 Å². The van der Waals surface area contributed by atoms with Gasteiger partial charge in [-0.05, 0) is 38.3 Å². The first-order chi connectivity index (χ1) is 6.77. The van der Waals surface area contributed by atoms with E-state index in [1.165, 1.54) is 0 Å². The van der Waals surface area contributed by atoms with E-state index in [1.54, 1.807) is 0 Å². The average molecular weight is 203 g/mol. The maximum Gasteiger partial charge on any atom is 0.0489 e. The minimum absolute atomic E-state index is 0.305. The van der Waals surface area contributed by atoms with Gasteiger partial charge in [0.1, 0.15) is 0 Å². The van der Waals surface area contributed by atoms with Crippen LogP contribution in [0.15, 0.2) is 0 Å². The highest BCUT2D eigenvalue weighted by Crippen LogP contribution is 1.92. The fourth-order valence-electron chi connectivity index (χ4n) is 1.11. The molecule has 0 heterocycles. The van der Waals surface area contributed by atoms with E-state index in [2.05, 4.69) is 19.2 Å². The fourth-order valence-corrected chi connectivity index (χ4v) is 1.11. The Morgan fingerprint density at radius 1 is 1.14 bits per heavy atom. The van der Waals surface area contributed by atoms with Crippen molar-refractivity contribution in [3.8, 4) is 0 Å². The van der Waals surface area contributed by atoms with Crippen LogP contribution in [-0.4, -0.2) is 38.0 Å². The van der Waals surface area contributed by atoms with Gasteiger partial charge in [0.25, 0.3) is 0 Å².